The van der Waals surface area contributed by atoms with Crippen LogP contribution in [-0.4, -0.2) is 32.4 Å². The van der Waals surface area contributed by atoms with Crippen LogP contribution in [0.3, 0.4) is 0 Å². The molecule has 4 nitrogen and oxygen atoms in total. The van der Waals surface area contributed by atoms with Crippen molar-refractivity contribution in [2.24, 2.45) is 0 Å². The zero-order chi connectivity index (χ0) is 10.4. The zero-order valence-electron chi connectivity index (χ0n) is 8.62. The summed E-state index contributed by atoms with van der Waals surface area (Å²) in [4.78, 5) is 11.2. The largest absolute Gasteiger partial charge is 0.498 e. The van der Waals surface area contributed by atoms with Crippen molar-refractivity contribution < 1.29 is 19.0 Å². The average molecular weight is 200 g/mol. The highest BCUT2D eigenvalue weighted by Crippen LogP contribution is 2.11. The second kappa shape index (κ2) is 5.65. The molecule has 1 rings (SSSR count). The number of hydrogen-bond acceptors (Lipinski definition) is 4. The van der Waals surface area contributed by atoms with Gasteiger partial charge in [-0.2, -0.15) is 0 Å². The summed E-state index contributed by atoms with van der Waals surface area (Å²) in [6.45, 7) is 3.28. The third kappa shape index (κ3) is 3.79. The summed E-state index contributed by atoms with van der Waals surface area (Å²) in [7, 11) is 1.37. The quantitative estimate of drug-likeness (QED) is 0.280. The van der Waals surface area contributed by atoms with Crippen molar-refractivity contribution in [1.82, 2.24) is 0 Å². The molecule has 0 aromatic rings. The van der Waals surface area contributed by atoms with Gasteiger partial charge in [0.1, 0.15) is 12.7 Å². The van der Waals surface area contributed by atoms with Crippen LogP contribution in [-0.2, 0) is 19.0 Å². The maximum Gasteiger partial charge on any atom is 0.336 e. The number of esters is 1. The second-order valence-electron chi connectivity index (χ2n) is 3.17. The van der Waals surface area contributed by atoms with Crippen molar-refractivity contribution in [3.63, 3.8) is 0 Å². The first kappa shape index (κ1) is 11.0. The second-order valence-corrected chi connectivity index (χ2v) is 3.17. The Morgan fingerprint density at radius 3 is 2.86 bits per heavy atom. The lowest BCUT2D eigenvalue weighted by Gasteiger charge is -2.04. The Hall–Kier alpha value is -1.03. The Morgan fingerprint density at radius 2 is 2.36 bits per heavy atom. The summed E-state index contributed by atoms with van der Waals surface area (Å²) in [6.07, 6.45) is 3.27. The maximum atomic E-state index is 11.2. The number of rotatable bonds is 6. The van der Waals surface area contributed by atoms with Gasteiger partial charge in [-0.25, -0.2) is 4.79 Å². The minimum Gasteiger partial charge on any atom is -0.498 e. The highest BCUT2D eigenvalue weighted by molar-refractivity contribution is 5.87. The van der Waals surface area contributed by atoms with Crippen molar-refractivity contribution in [2.45, 2.75) is 25.9 Å². The number of carbonyl (C=O) groups is 1. The molecular formula is C10H16O4. The molecule has 1 atom stereocenters. The van der Waals surface area contributed by atoms with E-state index in [2.05, 4.69) is 4.74 Å². The fourth-order valence-electron chi connectivity index (χ4n) is 1.03. The van der Waals surface area contributed by atoms with Crippen LogP contribution in [0.15, 0.2) is 11.8 Å². The summed E-state index contributed by atoms with van der Waals surface area (Å²) >= 11 is 0. The summed E-state index contributed by atoms with van der Waals surface area (Å²) in [5, 5.41) is 0. The van der Waals surface area contributed by atoms with E-state index in [9.17, 15) is 4.79 Å². The van der Waals surface area contributed by atoms with Crippen LogP contribution in [0.4, 0.5) is 0 Å². The van der Waals surface area contributed by atoms with Gasteiger partial charge in [-0.05, 0) is 6.42 Å². The van der Waals surface area contributed by atoms with E-state index >= 15 is 0 Å². The first-order valence-corrected chi connectivity index (χ1v) is 4.78. The summed E-state index contributed by atoms with van der Waals surface area (Å²) in [6, 6.07) is 0. The lowest BCUT2D eigenvalue weighted by molar-refractivity contribution is -0.136. The van der Waals surface area contributed by atoms with Crippen LogP contribution < -0.4 is 0 Å². The van der Waals surface area contributed by atoms with E-state index in [1.54, 1.807) is 0 Å². The molecule has 0 spiro atoms. The van der Waals surface area contributed by atoms with Gasteiger partial charge in [-0.3, -0.25) is 0 Å². The molecule has 1 unspecified atom stereocenters. The Morgan fingerprint density at radius 1 is 1.64 bits per heavy atom. The van der Waals surface area contributed by atoms with Crippen LogP contribution in [0, 0.1) is 0 Å². The summed E-state index contributed by atoms with van der Waals surface area (Å²) < 4.78 is 14.8. The van der Waals surface area contributed by atoms with Crippen molar-refractivity contribution in [3.05, 3.63) is 11.8 Å². The van der Waals surface area contributed by atoms with Gasteiger partial charge < -0.3 is 14.2 Å². The van der Waals surface area contributed by atoms with Gasteiger partial charge in [-0.15, -0.1) is 0 Å². The molecule has 0 radical (unpaired) electrons. The number of epoxide rings is 1. The molecule has 14 heavy (non-hydrogen) atoms. The Labute approximate surface area is 83.8 Å². The number of hydrogen-bond donors (Lipinski definition) is 0. The van der Waals surface area contributed by atoms with E-state index in [1.165, 1.54) is 13.4 Å². The van der Waals surface area contributed by atoms with E-state index in [1.807, 2.05) is 6.92 Å². The first-order valence-electron chi connectivity index (χ1n) is 4.78. The van der Waals surface area contributed by atoms with Gasteiger partial charge in [0.25, 0.3) is 0 Å². The van der Waals surface area contributed by atoms with E-state index in [-0.39, 0.29) is 12.1 Å². The summed E-state index contributed by atoms with van der Waals surface area (Å²) in [5.74, 6) is -0.316. The van der Waals surface area contributed by atoms with Crippen molar-refractivity contribution in [3.8, 4) is 0 Å². The van der Waals surface area contributed by atoms with E-state index in [4.69, 9.17) is 9.47 Å². The van der Waals surface area contributed by atoms with E-state index in [0.29, 0.717) is 18.6 Å². The molecule has 0 aliphatic carbocycles. The minimum atomic E-state index is -0.316. The van der Waals surface area contributed by atoms with Crippen LogP contribution in [0.1, 0.15) is 19.8 Å². The Kier molecular flexibility index (Phi) is 4.46. The fraction of sp³-hybridized carbons (Fsp3) is 0.700. The van der Waals surface area contributed by atoms with E-state index < -0.39 is 0 Å². The smallest absolute Gasteiger partial charge is 0.336 e. The molecule has 0 N–H and O–H groups in total. The molecule has 0 aromatic carbocycles. The lowest BCUT2D eigenvalue weighted by atomic mass is 10.2. The molecule has 1 heterocycles. The molecule has 1 aliphatic heterocycles. The first-order chi connectivity index (χ1) is 6.77. The highest BCUT2D eigenvalue weighted by Gasteiger charge is 2.22. The van der Waals surface area contributed by atoms with Crippen molar-refractivity contribution in [2.75, 3.05) is 20.3 Å². The normalized spacial score (nSPS) is 20.4. The molecule has 0 amide bonds. The molecule has 1 saturated heterocycles. The van der Waals surface area contributed by atoms with Crippen molar-refractivity contribution in [1.29, 1.82) is 0 Å². The van der Waals surface area contributed by atoms with Gasteiger partial charge in [-0.1, -0.05) is 13.3 Å². The monoisotopic (exact) mass is 200 g/mol. The Bertz CT molecular complexity index is 218. The predicted molar refractivity (Wildman–Crippen MR) is 50.7 cm³/mol. The predicted octanol–water partition coefficient (Wildman–Crippen LogP) is 1.26. The van der Waals surface area contributed by atoms with Crippen LogP contribution in [0.5, 0.6) is 0 Å². The summed E-state index contributed by atoms with van der Waals surface area (Å²) in [5.41, 5.74) is 0.579. The average Bonchev–Trinajstić information content (AvgIpc) is 2.99. The lowest BCUT2D eigenvalue weighted by Crippen LogP contribution is -2.06. The Balaban J connectivity index is 2.33. The van der Waals surface area contributed by atoms with Crippen LogP contribution in [0.2, 0.25) is 0 Å². The fourth-order valence-corrected chi connectivity index (χ4v) is 1.03. The van der Waals surface area contributed by atoms with Gasteiger partial charge in [0, 0.05) is 0 Å². The SMILES string of the molecule is CCCC(=COCC1CO1)C(=O)OC. The topological polar surface area (TPSA) is 48.1 Å². The minimum absolute atomic E-state index is 0.215. The molecule has 1 aliphatic rings. The molecule has 0 bridgehead atoms. The van der Waals surface area contributed by atoms with Gasteiger partial charge >= 0.3 is 5.97 Å². The molecule has 0 aromatic heterocycles. The van der Waals surface area contributed by atoms with Gasteiger partial charge in [0.05, 0.1) is 25.6 Å². The van der Waals surface area contributed by atoms with Gasteiger partial charge in [0.15, 0.2) is 0 Å². The molecule has 1 fully saturated rings. The molecular weight excluding hydrogens is 184 g/mol. The van der Waals surface area contributed by atoms with Crippen LogP contribution >= 0.6 is 0 Å². The number of carbonyl (C=O) groups excluding carboxylic acids is 1. The van der Waals surface area contributed by atoms with Gasteiger partial charge in [0.2, 0.25) is 0 Å². The highest BCUT2D eigenvalue weighted by atomic mass is 16.6. The van der Waals surface area contributed by atoms with E-state index in [0.717, 1.165) is 13.0 Å². The molecule has 80 valence electrons. The maximum absolute atomic E-state index is 11.2. The number of ether oxygens (including phenoxy) is 3. The standard InChI is InChI=1S/C10H16O4/c1-3-4-8(10(11)12-2)5-13-6-9-7-14-9/h5,9H,3-4,6-7H2,1-2H3. The van der Waals surface area contributed by atoms with Crippen molar-refractivity contribution >= 4 is 5.97 Å². The third-order valence-electron chi connectivity index (χ3n) is 1.88. The zero-order valence-corrected chi connectivity index (χ0v) is 8.62. The molecule has 4 heteroatoms. The molecule has 0 saturated carbocycles. The van der Waals surface area contributed by atoms with Crippen LogP contribution in [0.25, 0.3) is 0 Å². The number of methoxy groups -OCH3 is 1. The third-order valence-corrected chi connectivity index (χ3v) is 1.88.